The number of methoxy groups -OCH3 is 1. The van der Waals surface area contributed by atoms with Gasteiger partial charge in [-0.2, -0.15) is 0 Å². The molecule has 0 unspecified atom stereocenters. The molecular formula is C18H20N2O3S. The molecule has 24 heavy (non-hydrogen) atoms. The molecule has 1 amide bonds. The fourth-order valence-corrected chi connectivity index (χ4v) is 3.63. The highest BCUT2D eigenvalue weighted by Crippen LogP contribution is 2.33. The molecule has 0 radical (unpaired) electrons. The smallest absolute Gasteiger partial charge is 0.337 e. The maximum Gasteiger partial charge on any atom is 0.337 e. The zero-order valence-electron chi connectivity index (χ0n) is 14.3. The SMILES string of the molecule is COC(=O)c1ccc2c(c1)CCN2C(=O)c1cnc(C(C)(C)C)s1. The van der Waals surface area contributed by atoms with Gasteiger partial charge in [0.25, 0.3) is 5.91 Å². The van der Waals surface area contributed by atoms with E-state index in [4.69, 9.17) is 4.74 Å². The van der Waals surface area contributed by atoms with Crippen molar-refractivity contribution in [3.8, 4) is 0 Å². The number of amides is 1. The fraction of sp³-hybridized carbons (Fsp3) is 0.389. The summed E-state index contributed by atoms with van der Waals surface area (Å²) in [7, 11) is 1.36. The number of aromatic nitrogens is 1. The van der Waals surface area contributed by atoms with Crippen molar-refractivity contribution >= 4 is 28.9 Å². The monoisotopic (exact) mass is 344 g/mol. The molecular weight excluding hydrogens is 324 g/mol. The number of benzene rings is 1. The third-order valence-corrected chi connectivity index (χ3v) is 5.41. The molecule has 0 fully saturated rings. The average Bonchev–Trinajstić information content (AvgIpc) is 3.19. The summed E-state index contributed by atoms with van der Waals surface area (Å²) in [6.07, 6.45) is 2.39. The first-order valence-corrected chi connectivity index (χ1v) is 8.62. The van der Waals surface area contributed by atoms with Gasteiger partial charge in [-0.25, -0.2) is 9.78 Å². The molecule has 2 aromatic rings. The third kappa shape index (κ3) is 2.94. The highest BCUT2D eigenvalue weighted by atomic mass is 32.1. The van der Waals surface area contributed by atoms with Crippen molar-refractivity contribution in [2.24, 2.45) is 0 Å². The summed E-state index contributed by atoms with van der Waals surface area (Å²) in [5.41, 5.74) is 2.30. The number of fused-ring (bicyclic) bond motifs is 1. The van der Waals surface area contributed by atoms with E-state index in [0.29, 0.717) is 17.0 Å². The van der Waals surface area contributed by atoms with Crippen molar-refractivity contribution in [2.45, 2.75) is 32.6 Å². The van der Waals surface area contributed by atoms with E-state index in [0.717, 1.165) is 22.7 Å². The Morgan fingerprint density at radius 2 is 2.04 bits per heavy atom. The number of carbonyl (C=O) groups is 2. The van der Waals surface area contributed by atoms with E-state index < -0.39 is 0 Å². The van der Waals surface area contributed by atoms with Crippen LogP contribution in [0, 0.1) is 0 Å². The van der Waals surface area contributed by atoms with Gasteiger partial charge >= 0.3 is 5.97 Å². The van der Waals surface area contributed by atoms with E-state index in [9.17, 15) is 9.59 Å². The van der Waals surface area contributed by atoms with Crippen LogP contribution in [0.3, 0.4) is 0 Å². The summed E-state index contributed by atoms with van der Waals surface area (Å²) in [5.74, 6) is -0.396. The van der Waals surface area contributed by atoms with Crippen molar-refractivity contribution in [1.82, 2.24) is 4.98 Å². The first kappa shape index (κ1) is 16.6. The van der Waals surface area contributed by atoms with Gasteiger partial charge in [0.05, 0.1) is 23.9 Å². The van der Waals surface area contributed by atoms with Crippen LogP contribution in [-0.4, -0.2) is 30.5 Å². The molecule has 0 bridgehead atoms. The zero-order valence-corrected chi connectivity index (χ0v) is 15.1. The summed E-state index contributed by atoms with van der Waals surface area (Å²) in [4.78, 5) is 31.3. The van der Waals surface area contributed by atoms with Crippen molar-refractivity contribution in [3.63, 3.8) is 0 Å². The minimum atomic E-state index is -0.361. The standard InChI is InChI=1S/C18H20N2O3S/c1-18(2,3)17-19-10-14(24-17)15(21)20-8-7-11-9-12(16(22)23-4)5-6-13(11)20/h5-6,9-10H,7-8H2,1-4H3. The third-order valence-electron chi connectivity index (χ3n) is 4.00. The summed E-state index contributed by atoms with van der Waals surface area (Å²) < 4.78 is 4.75. The normalized spacial score (nSPS) is 13.8. The van der Waals surface area contributed by atoms with E-state index in [1.807, 2.05) is 12.1 Å². The van der Waals surface area contributed by atoms with Crippen LogP contribution in [0.2, 0.25) is 0 Å². The van der Waals surface area contributed by atoms with E-state index in [1.165, 1.54) is 18.4 Å². The number of hydrogen-bond donors (Lipinski definition) is 0. The molecule has 2 heterocycles. The maximum atomic E-state index is 12.8. The molecule has 6 heteroatoms. The molecule has 0 saturated heterocycles. The van der Waals surface area contributed by atoms with Gasteiger partial charge in [-0.05, 0) is 30.2 Å². The molecule has 0 saturated carbocycles. The summed E-state index contributed by atoms with van der Waals surface area (Å²) in [5, 5.41) is 0.950. The molecule has 1 aromatic carbocycles. The van der Waals surface area contributed by atoms with Gasteiger partial charge in [-0.15, -0.1) is 11.3 Å². The Labute approximate surface area is 145 Å². The first-order chi connectivity index (χ1) is 11.3. The van der Waals surface area contributed by atoms with Gasteiger partial charge in [0.1, 0.15) is 4.88 Å². The van der Waals surface area contributed by atoms with Crippen LogP contribution < -0.4 is 4.90 Å². The lowest BCUT2D eigenvalue weighted by Crippen LogP contribution is -2.28. The highest BCUT2D eigenvalue weighted by molar-refractivity contribution is 7.13. The molecule has 0 spiro atoms. The Hall–Kier alpha value is -2.21. The van der Waals surface area contributed by atoms with E-state index >= 15 is 0 Å². The lowest BCUT2D eigenvalue weighted by atomic mass is 9.98. The van der Waals surface area contributed by atoms with Crippen LogP contribution in [0.4, 0.5) is 5.69 Å². The van der Waals surface area contributed by atoms with Crippen LogP contribution >= 0.6 is 11.3 Å². The van der Waals surface area contributed by atoms with Gasteiger partial charge in [-0.3, -0.25) is 4.79 Å². The Morgan fingerprint density at radius 3 is 2.67 bits per heavy atom. The molecule has 3 rings (SSSR count). The number of thiazole rings is 1. The Kier molecular flexibility index (Phi) is 4.17. The van der Waals surface area contributed by atoms with Crippen molar-refractivity contribution in [1.29, 1.82) is 0 Å². The second-order valence-corrected chi connectivity index (χ2v) is 7.85. The number of ether oxygens (including phenoxy) is 1. The minimum Gasteiger partial charge on any atom is -0.465 e. The van der Waals surface area contributed by atoms with Crippen LogP contribution in [0.1, 0.15) is 51.4 Å². The Morgan fingerprint density at radius 1 is 1.29 bits per heavy atom. The number of nitrogens with zero attached hydrogens (tertiary/aromatic N) is 2. The largest absolute Gasteiger partial charge is 0.465 e. The number of esters is 1. The van der Waals surface area contributed by atoms with E-state index in [-0.39, 0.29) is 17.3 Å². The lowest BCUT2D eigenvalue weighted by Gasteiger charge is -2.17. The molecule has 1 aromatic heterocycles. The second kappa shape index (κ2) is 6.02. The van der Waals surface area contributed by atoms with Gasteiger partial charge in [0.15, 0.2) is 0 Å². The first-order valence-electron chi connectivity index (χ1n) is 7.80. The van der Waals surface area contributed by atoms with Gasteiger partial charge in [-0.1, -0.05) is 20.8 Å². The summed E-state index contributed by atoms with van der Waals surface area (Å²) in [6, 6.07) is 5.32. The number of carbonyl (C=O) groups excluding carboxylic acids is 2. The van der Waals surface area contributed by atoms with Crippen LogP contribution in [0.15, 0.2) is 24.4 Å². The molecule has 1 aliphatic rings. The number of rotatable bonds is 2. The predicted molar refractivity (Wildman–Crippen MR) is 94.0 cm³/mol. The molecule has 0 aliphatic carbocycles. The molecule has 5 nitrogen and oxygen atoms in total. The molecule has 126 valence electrons. The van der Waals surface area contributed by atoms with Crippen LogP contribution in [0.25, 0.3) is 0 Å². The summed E-state index contributed by atoms with van der Waals surface area (Å²) in [6.45, 7) is 6.86. The van der Waals surface area contributed by atoms with Crippen LogP contribution in [0.5, 0.6) is 0 Å². The number of hydrogen-bond acceptors (Lipinski definition) is 5. The summed E-state index contributed by atoms with van der Waals surface area (Å²) >= 11 is 1.44. The Bertz CT molecular complexity index is 805. The quantitative estimate of drug-likeness (QED) is 0.783. The number of anilines is 1. The topological polar surface area (TPSA) is 59.5 Å². The van der Waals surface area contributed by atoms with Gasteiger partial charge < -0.3 is 9.64 Å². The maximum absolute atomic E-state index is 12.8. The van der Waals surface area contributed by atoms with E-state index in [2.05, 4.69) is 25.8 Å². The van der Waals surface area contributed by atoms with Crippen molar-refractivity contribution in [2.75, 3.05) is 18.6 Å². The minimum absolute atomic E-state index is 0.0347. The van der Waals surface area contributed by atoms with Gasteiger partial charge in [0.2, 0.25) is 0 Å². The fourth-order valence-electron chi connectivity index (χ4n) is 2.71. The molecule has 0 N–H and O–H groups in total. The highest BCUT2D eigenvalue weighted by Gasteiger charge is 2.29. The Balaban J connectivity index is 1.87. The van der Waals surface area contributed by atoms with Crippen LogP contribution in [-0.2, 0) is 16.6 Å². The zero-order chi connectivity index (χ0) is 17.5. The molecule has 1 aliphatic heterocycles. The van der Waals surface area contributed by atoms with E-state index in [1.54, 1.807) is 17.2 Å². The average molecular weight is 344 g/mol. The second-order valence-electron chi connectivity index (χ2n) is 6.82. The van der Waals surface area contributed by atoms with Gasteiger partial charge in [0, 0.05) is 17.6 Å². The van der Waals surface area contributed by atoms with Crippen molar-refractivity contribution in [3.05, 3.63) is 45.4 Å². The van der Waals surface area contributed by atoms with Crippen molar-refractivity contribution < 1.29 is 14.3 Å². The molecule has 0 atom stereocenters. The lowest BCUT2D eigenvalue weighted by molar-refractivity contribution is 0.0600. The predicted octanol–water partition coefficient (Wildman–Crippen LogP) is 3.43.